The van der Waals surface area contributed by atoms with Crippen molar-refractivity contribution in [1.82, 2.24) is 14.9 Å². The number of aryl methyl sites for hydroxylation is 1. The number of halogens is 1. The van der Waals surface area contributed by atoms with Crippen molar-refractivity contribution < 1.29 is 0 Å². The predicted molar refractivity (Wildman–Crippen MR) is 124 cm³/mol. The fourth-order valence-electron chi connectivity index (χ4n) is 3.82. The van der Waals surface area contributed by atoms with Gasteiger partial charge in [0.2, 0.25) is 0 Å². The second kappa shape index (κ2) is 8.88. The second-order valence-corrected chi connectivity index (χ2v) is 8.31. The van der Waals surface area contributed by atoms with Crippen molar-refractivity contribution >= 4 is 22.6 Å². The van der Waals surface area contributed by atoms with E-state index in [1.807, 2.05) is 25.1 Å². The fourth-order valence-corrected chi connectivity index (χ4v) is 3.94. The lowest BCUT2D eigenvalue weighted by Gasteiger charge is -2.28. The molecule has 0 fully saturated rings. The summed E-state index contributed by atoms with van der Waals surface area (Å²) in [4.78, 5) is 21.8. The van der Waals surface area contributed by atoms with Crippen LogP contribution in [0.2, 0.25) is 5.02 Å². The van der Waals surface area contributed by atoms with Gasteiger partial charge < -0.3 is 9.88 Å². The average Bonchev–Trinajstić information content (AvgIpc) is 2.96. The topological polar surface area (TPSA) is 49.0 Å². The van der Waals surface area contributed by atoms with Crippen LogP contribution in [0.5, 0.6) is 0 Å². The van der Waals surface area contributed by atoms with E-state index in [0.29, 0.717) is 18.0 Å². The Morgan fingerprint density at radius 3 is 2.77 bits per heavy atom. The lowest BCUT2D eigenvalue weighted by Crippen LogP contribution is -2.20. The molecule has 1 aliphatic heterocycles. The van der Waals surface area contributed by atoms with E-state index in [2.05, 4.69) is 70.6 Å². The molecule has 3 aromatic rings. The van der Waals surface area contributed by atoms with Crippen molar-refractivity contribution in [3.05, 3.63) is 99.2 Å². The molecule has 0 amide bonds. The lowest BCUT2D eigenvalue weighted by atomic mass is 9.97. The summed E-state index contributed by atoms with van der Waals surface area (Å²) >= 11 is 6.14. The van der Waals surface area contributed by atoms with Gasteiger partial charge in [0.05, 0.1) is 17.1 Å². The van der Waals surface area contributed by atoms with Crippen molar-refractivity contribution in [2.45, 2.75) is 39.2 Å². The van der Waals surface area contributed by atoms with E-state index in [-0.39, 0.29) is 11.6 Å². The van der Waals surface area contributed by atoms with Gasteiger partial charge in [-0.3, -0.25) is 4.79 Å². The van der Waals surface area contributed by atoms with Crippen molar-refractivity contribution in [3.8, 4) is 0 Å². The summed E-state index contributed by atoms with van der Waals surface area (Å²) in [5.74, 6) is 0.520. The number of nitrogens with zero attached hydrogens (tertiary/aromatic N) is 2. The molecule has 2 heterocycles. The van der Waals surface area contributed by atoms with Crippen LogP contribution in [-0.4, -0.2) is 14.9 Å². The molecule has 1 N–H and O–H groups in total. The summed E-state index contributed by atoms with van der Waals surface area (Å²) in [6.07, 6.45) is 11.3. The third-order valence-corrected chi connectivity index (χ3v) is 5.83. The number of aromatic nitrogens is 2. The minimum Gasteiger partial charge on any atom is -0.347 e. The van der Waals surface area contributed by atoms with Crippen LogP contribution in [0.15, 0.2) is 71.8 Å². The summed E-state index contributed by atoms with van der Waals surface area (Å²) in [5, 5.41) is 0.735. The first-order valence-corrected chi connectivity index (χ1v) is 10.8. The highest BCUT2D eigenvalue weighted by atomic mass is 35.5. The van der Waals surface area contributed by atoms with Crippen LogP contribution in [0, 0.1) is 5.92 Å². The molecule has 30 heavy (non-hydrogen) atoms. The van der Waals surface area contributed by atoms with Crippen molar-refractivity contribution in [1.29, 1.82) is 0 Å². The molecule has 0 bridgehead atoms. The van der Waals surface area contributed by atoms with E-state index in [0.717, 1.165) is 28.9 Å². The molecule has 0 spiro atoms. The zero-order chi connectivity index (χ0) is 21.1. The van der Waals surface area contributed by atoms with E-state index >= 15 is 0 Å². The number of aromatic amines is 1. The molecule has 0 aliphatic carbocycles. The monoisotopic (exact) mass is 419 g/mol. The number of rotatable bonds is 5. The Labute approximate surface area is 181 Å². The van der Waals surface area contributed by atoms with Gasteiger partial charge in [0.25, 0.3) is 5.56 Å². The third-order valence-electron chi connectivity index (χ3n) is 5.58. The average molecular weight is 420 g/mol. The quantitative estimate of drug-likeness (QED) is 0.569. The molecule has 1 aliphatic rings. The second-order valence-electron chi connectivity index (χ2n) is 7.88. The Morgan fingerprint density at radius 1 is 1.20 bits per heavy atom. The summed E-state index contributed by atoms with van der Waals surface area (Å²) in [5.41, 5.74) is 4.43. The van der Waals surface area contributed by atoms with Crippen LogP contribution in [0.25, 0.3) is 11.0 Å². The van der Waals surface area contributed by atoms with E-state index in [9.17, 15) is 4.79 Å². The molecular weight excluding hydrogens is 394 g/mol. The summed E-state index contributed by atoms with van der Waals surface area (Å²) < 4.78 is 0. The first-order chi connectivity index (χ1) is 14.5. The largest absolute Gasteiger partial charge is 0.347 e. The van der Waals surface area contributed by atoms with Crippen molar-refractivity contribution in [2.75, 3.05) is 0 Å². The normalized spacial score (nSPS) is 17.3. The Hall–Kier alpha value is -2.85. The van der Waals surface area contributed by atoms with Gasteiger partial charge in [-0.05, 0) is 60.6 Å². The SMILES string of the molecule is CCc1nc2cc(CC(c3ccc(Cl)cc3)N3C=CC[C@@H](C)C=C3)ccc2[nH]c1=O. The third kappa shape index (κ3) is 4.49. The molecule has 5 heteroatoms. The molecule has 154 valence electrons. The van der Waals surface area contributed by atoms with Gasteiger partial charge in [-0.15, -0.1) is 0 Å². The van der Waals surface area contributed by atoms with Gasteiger partial charge >= 0.3 is 0 Å². The van der Waals surface area contributed by atoms with Gasteiger partial charge in [0.15, 0.2) is 0 Å². The summed E-state index contributed by atoms with van der Waals surface area (Å²) in [7, 11) is 0. The van der Waals surface area contributed by atoms with Crippen LogP contribution in [0.1, 0.15) is 43.1 Å². The Kier molecular flexibility index (Phi) is 6.05. The molecule has 0 radical (unpaired) electrons. The van der Waals surface area contributed by atoms with Gasteiger partial charge in [0.1, 0.15) is 5.69 Å². The molecule has 4 nitrogen and oxygen atoms in total. The molecule has 2 atom stereocenters. The molecule has 1 aromatic heterocycles. The minimum atomic E-state index is -0.106. The molecule has 1 unspecified atom stereocenters. The van der Waals surface area contributed by atoms with Crippen molar-refractivity contribution in [2.24, 2.45) is 5.92 Å². The first-order valence-electron chi connectivity index (χ1n) is 10.4. The van der Waals surface area contributed by atoms with Crippen LogP contribution >= 0.6 is 11.6 Å². The van der Waals surface area contributed by atoms with Gasteiger partial charge in [0, 0.05) is 17.4 Å². The zero-order valence-electron chi connectivity index (χ0n) is 17.3. The molecule has 0 saturated carbocycles. The number of H-pyrrole nitrogens is 1. The minimum absolute atomic E-state index is 0.106. The van der Waals surface area contributed by atoms with Crippen LogP contribution < -0.4 is 5.56 Å². The molecular formula is C25H26ClN3O. The molecule has 0 saturated heterocycles. The van der Waals surface area contributed by atoms with Gasteiger partial charge in [-0.2, -0.15) is 0 Å². The van der Waals surface area contributed by atoms with E-state index in [4.69, 9.17) is 11.6 Å². The highest BCUT2D eigenvalue weighted by Gasteiger charge is 2.19. The number of fused-ring (bicyclic) bond motifs is 1. The number of benzene rings is 2. The highest BCUT2D eigenvalue weighted by Crippen LogP contribution is 2.29. The van der Waals surface area contributed by atoms with Gasteiger partial charge in [-0.25, -0.2) is 4.98 Å². The van der Waals surface area contributed by atoms with E-state index < -0.39 is 0 Å². The van der Waals surface area contributed by atoms with E-state index in [1.54, 1.807) is 0 Å². The van der Waals surface area contributed by atoms with E-state index in [1.165, 1.54) is 11.1 Å². The lowest BCUT2D eigenvalue weighted by molar-refractivity contribution is 0.371. The van der Waals surface area contributed by atoms with Crippen LogP contribution in [0.4, 0.5) is 0 Å². The molecule has 4 rings (SSSR count). The maximum absolute atomic E-state index is 12.1. The van der Waals surface area contributed by atoms with Crippen LogP contribution in [-0.2, 0) is 12.8 Å². The summed E-state index contributed by atoms with van der Waals surface area (Å²) in [6, 6.07) is 14.3. The Balaban J connectivity index is 1.72. The highest BCUT2D eigenvalue weighted by molar-refractivity contribution is 6.30. The Bertz CT molecular complexity index is 1150. The van der Waals surface area contributed by atoms with Crippen molar-refractivity contribution in [3.63, 3.8) is 0 Å². The zero-order valence-corrected chi connectivity index (χ0v) is 18.1. The van der Waals surface area contributed by atoms with Crippen LogP contribution in [0.3, 0.4) is 0 Å². The predicted octanol–water partition coefficient (Wildman–Crippen LogP) is 5.79. The standard InChI is InChI=1S/C25H26ClN3O/c1-3-21-25(30)28-22-11-6-18(15-23(22)27-21)16-24(19-7-9-20(26)10-8-19)29-13-4-5-17(2)12-14-29/h4,6-15,17,24H,3,5,16H2,1-2H3,(H,28,30)/t17-,24?/m1/s1. The maximum Gasteiger partial charge on any atom is 0.270 e. The first kappa shape index (κ1) is 20.4. The number of hydrogen-bond acceptors (Lipinski definition) is 3. The maximum atomic E-state index is 12.1. The Morgan fingerprint density at radius 2 is 2.00 bits per heavy atom. The number of nitrogens with one attached hydrogen (secondary N) is 1. The summed E-state index contributed by atoms with van der Waals surface area (Å²) in [6.45, 7) is 4.17. The smallest absolute Gasteiger partial charge is 0.270 e. The molecule has 2 aromatic carbocycles. The number of allylic oxidation sites excluding steroid dienone is 2. The van der Waals surface area contributed by atoms with Gasteiger partial charge in [-0.1, -0.05) is 55.8 Å². The fraction of sp³-hybridized carbons (Fsp3) is 0.280. The number of hydrogen-bond donors (Lipinski definition) is 1.